The van der Waals surface area contributed by atoms with E-state index in [9.17, 15) is 9.59 Å². The maximum atomic E-state index is 12.5. The van der Waals surface area contributed by atoms with E-state index in [0.717, 1.165) is 55.3 Å². The van der Waals surface area contributed by atoms with E-state index in [2.05, 4.69) is 41.4 Å². The van der Waals surface area contributed by atoms with Gasteiger partial charge in [-0.3, -0.25) is 24.7 Å². The lowest BCUT2D eigenvalue weighted by molar-refractivity contribution is -0.140. The van der Waals surface area contributed by atoms with Gasteiger partial charge >= 0.3 is 0 Å². The van der Waals surface area contributed by atoms with Crippen LogP contribution in [0.3, 0.4) is 0 Å². The number of benzene rings is 2. The Hall–Kier alpha value is -2.78. The molecule has 0 radical (unpaired) electrons. The van der Waals surface area contributed by atoms with Crippen molar-refractivity contribution in [3.63, 3.8) is 0 Å². The normalized spacial score (nSPS) is 21.6. The number of carbonyl (C=O) groups excluding carboxylic acids is 2. The zero-order valence-electron chi connectivity index (χ0n) is 22.3. The lowest BCUT2D eigenvalue weighted by Gasteiger charge is -2.31. The van der Waals surface area contributed by atoms with Crippen molar-refractivity contribution in [3.05, 3.63) is 64.7 Å². The molecule has 0 saturated carbocycles. The third-order valence-corrected chi connectivity index (χ3v) is 7.85. The number of nitrogens with one attached hydrogen (secondary N) is 1. The van der Waals surface area contributed by atoms with Crippen LogP contribution < -0.4 is 10.1 Å². The fraction of sp³-hybridized carbons (Fsp3) is 0.533. The van der Waals surface area contributed by atoms with Gasteiger partial charge in [0.25, 0.3) is 0 Å². The fourth-order valence-corrected chi connectivity index (χ4v) is 5.57. The van der Waals surface area contributed by atoms with Gasteiger partial charge in [0.1, 0.15) is 19.1 Å². The quantitative estimate of drug-likeness (QED) is 0.505. The van der Waals surface area contributed by atoms with Gasteiger partial charge in [-0.2, -0.15) is 0 Å². The van der Waals surface area contributed by atoms with E-state index < -0.39 is 0 Å². The molecule has 204 valence electrons. The Morgan fingerprint density at radius 2 is 1.82 bits per heavy atom. The van der Waals surface area contributed by atoms with Crippen LogP contribution in [0.2, 0.25) is 0 Å². The third-order valence-electron chi connectivity index (χ3n) is 7.85. The summed E-state index contributed by atoms with van der Waals surface area (Å²) < 4.78 is 17.8. The standard InChI is InChI=1S/C30H39N3O5/c1-2-36-18-24-12-14-32(15-13-24)16-22-6-8-23(9-7-22)19-38-28-5-3-4-25-20-37-21-33(17-26(25)28)27-10-11-29(34)31-30(27)35/h3-9,24,27H,2,10-21H2,1H3,(H,31,34,35). The highest BCUT2D eigenvalue weighted by atomic mass is 16.5. The minimum atomic E-state index is -0.380. The van der Waals surface area contributed by atoms with E-state index in [-0.39, 0.29) is 17.9 Å². The third kappa shape index (κ3) is 6.80. The average molecular weight is 522 g/mol. The highest BCUT2D eigenvalue weighted by Gasteiger charge is 2.33. The number of nitrogens with zero attached hydrogens (tertiary/aromatic N) is 2. The van der Waals surface area contributed by atoms with E-state index in [1.165, 1.54) is 18.4 Å². The van der Waals surface area contributed by atoms with Crippen molar-refractivity contribution in [2.75, 3.05) is 33.0 Å². The Balaban J connectivity index is 1.16. The maximum Gasteiger partial charge on any atom is 0.243 e. The molecule has 2 amide bonds. The summed E-state index contributed by atoms with van der Waals surface area (Å²) in [7, 11) is 0. The first kappa shape index (κ1) is 26.8. The zero-order chi connectivity index (χ0) is 26.3. The van der Waals surface area contributed by atoms with Crippen LogP contribution in [0, 0.1) is 5.92 Å². The predicted molar refractivity (Wildman–Crippen MR) is 143 cm³/mol. The summed E-state index contributed by atoms with van der Waals surface area (Å²) in [5.41, 5.74) is 4.55. The van der Waals surface area contributed by atoms with Gasteiger partial charge in [0.15, 0.2) is 0 Å². The van der Waals surface area contributed by atoms with Gasteiger partial charge in [0.05, 0.1) is 12.6 Å². The number of fused-ring (bicyclic) bond motifs is 1. The molecule has 0 aliphatic carbocycles. The first-order chi connectivity index (χ1) is 18.6. The summed E-state index contributed by atoms with van der Waals surface area (Å²) in [6, 6.07) is 14.3. The Kier molecular flexibility index (Phi) is 9.06. The van der Waals surface area contributed by atoms with Crippen molar-refractivity contribution >= 4 is 11.8 Å². The van der Waals surface area contributed by atoms with Gasteiger partial charge in [-0.25, -0.2) is 0 Å². The van der Waals surface area contributed by atoms with Crippen molar-refractivity contribution in [1.82, 2.24) is 15.1 Å². The van der Waals surface area contributed by atoms with E-state index in [0.29, 0.717) is 45.2 Å². The van der Waals surface area contributed by atoms with Crippen molar-refractivity contribution in [3.8, 4) is 5.75 Å². The van der Waals surface area contributed by atoms with Crippen molar-refractivity contribution in [2.24, 2.45) is 5.92 Å². The zero-order valence-corrected chi connectivity index (χ0v) is 22.3. The molecule has 8 heteroatoms. The fourth-order valence-electron chi connectivity index (χ4n) is 5.57. The molecule has 2 aromatic carbocycles. The molecule has 2 saturated heterocycles. The minimum absolute atomic E-state index is 0.209. The maximum absolute atomic E-state index is 12.5. The number of carbonyl (C=O) groups is 2. The molecule has 1 unspecified atom stereocenters. The Labute approximate surface area is 225 Å². The molecule has 2 aromatic rings. The van der Waals surface area contributed by atoms with Crippen molar-refractivity contribution in [1.29, 1.82) is 0 Å². The molecule has 5 rings (SSSR count). The molecule has 0 aromatic heterocycles. The van der Waals surface area contributed by atoms with Crippen LogP contribution in [-0.4, -0.2) is 60.7 Å². The van der Waals surface area contributed by atoms with Crippen LogP contribution >= 0.6 is 0 Å². The number of imide groups is 1. The topological polar surface area (TPSA) is 80.3 Å². The highest BCUT2D eigenvalue weighted by Crippen LogP contribution is 2.30. The number of hydrogen-bond donors (Lipinski definition) is 1. The lowest BCUT2D eigenvalue weighted by atomic mass is 9.97. The van der Waals surface area contributed by atoms with Crippen LogP contribution in [0.1, 0.15) is 54.9 Å². The summed E-state index contributed by atoms with van der Waals surface area (Å²) in [5, 5.41) is 2.46. The number of likely N-dealkylation sites (tertiary alicyclic amines) is 1. The van der Waals surface area contributed by atoms with Crippen LogP contribution in [-0.2, 0) is 45.4 Å². The Bertz CT molecular complexity index is 1100. The minimum Gasteiger partial charge on any atom is -0.489 e. The summed E-state index contributed by atoms with van der Waals surface area (Å²) in [6.45, 7) is 8.80. The molecule has 0 spiro atoms. The van der Waals surface area contributed by atoms with Gasteiger partial charge in [0.2, 0.25) is 11.8 Å². The highest BCUT2D eigenvalue weighted by molar-refractivity contribution is 6.00. The monoisotopic (exact) mass is 521 g/mol. The summed E-state index contributed by atoms with van der Waals surface area (Å²) in [5.74, 6) is 1.05. The molecule has 1 atom stereocenters. The predicted octanol–water partition coefficient (Wildman–Crippen LogP) is 3.61. The Morgan fingerprint density at radius 1 is 1.03 bits per heavy atom. The smallest absolute Gasteiger partial charge is 0.243 e. The van der Waals surface area contributed by atoms with Crippen LogP contribution in [0.5, 0.6) is 5.75 Å². The number of piperidine rings is 2. The van der Waals surface area contributed by atoms with Gasteiger partial charge in [-0.1, -0.05) is 36.4 Å². The molecule has 3 aliphatic rings. The largest absolute Gasteiger partial charge is 0.489 e. The first-order valence-electron chi connectivity index (χ1n) is 13.9. The van der Waals surface area contributed by atoms with Crippen LogP contribution in [0.15, 0.2) is 42.5 Å². The number of amides is 2. The van der Waals surface area contributed by atoms with E-state index in [1.54, 1.807) is 0 Å². The van der Waals surface area contributed by atoms with Gasteiger partial charge in [-0.05, 0) is 68.0 Å². The molecule has 38 heavy (non-hydrogen) atoms. The summed E-state index contributed by atoms with van der Waals surface area (Å²) in [6.07, 6.45) is 3.27. The van der Waals surface area contributed by atoms with Crippen LogP contribution in [0.25, 0.3) is 0 Å². The molecule has 8 nitrogen and oxygen atoms in total. The van der Waals surface area contributed by atoms with Gasteiger partial charge in [0, 0.05) is 38.3 Å². The lowest BCUT2D eigenvalue weighted by Crippen LogP contribution is -2.52. The number of ether oxygens (including phenoxy) is 3. The second-order valence-corrected chi connectivity index (χ2v) is 10.6. The summed E-state index contributed by atoms with van der Waals surface area (Å²) in [4.78, 5) is 28.6. The van der Waals surface area contributed by atoms with E-state index in [1.807, 2.05) is 23.1 Å². The van der Waals surface area contributed by atoms with E-state index in [4.69, 9.17) is 14.2 Å². The van der Waals surface area contributed by atoms with Crippen molar-refractivity contribution in [2.45, 2.75) is 65.0 Å². The molecular weight excluding hydrogens is 482 g/mol. The van der Waals surface area contributed by atoms with Crippen LogP contribution in [0.4, 0.5) is 0 Å². The molecular formula is C30H39N3O5. The van der Waals surface area contributed by atoms with Gasteiger partial charge < -0.3 is 14.2 Å². The SMILES string of the molecule is CCOCC1CCN(Cc2ccc(COc3cccc4c3CN(C3CCC(=O)NC3=O)COC4)cc2)CC1. The number of rotatable bonds is 9. The van der Waals surface area contributed by atoms with Gasteiger partial charge in [-0.15, -0.1) is 0 Å². The van der Waals surface area contributed by atoms with Crippen molar-refractivity contribution < 1.29 is 23.8 Å². The second-order valence-electron chi connectivity index (χ2n) is 10.6. The Morgan fingerprint density at radius 3 is 2.58 bits per heavy atom. The number of hydrogen-bond acceptors (Lipinski definition) is 7. The van der Waals surface area contributed by atoms with E-state index >= 15 is 0 Å². The molecule has 2 fully saturated rings. The summed E-state index contributed by atoms with van der Waals surface area (Å²) >= 11 is 0. The average Bonchev–Trinajstić information content (AvgIpc) is 3.15. The molecule has 0 bridgehead atoms. The second kappa shape index (κ2) is 12.8. The first-order valence-corrected chi connectivity index (χ1v) is 13.9. The molecule has 3 aliphatic heterocycles. The molecule has 3 heterocycles. The molecule has 1 N–H and O–H groups in total.